The van der Waals surface area contributed by atoms with Crippen LogP contribution in [0.2, 0.25) is 0 Å². The molecule has 0 saturated carbocycles. The Labute approximate surface area is 145 Å². The Morgan fingerprint density at radius 1 is 1.08 bits per heavy atom. The maximum absolute atomic E-state index is 8.95. The summed E-state index contributed by atoms with van der Waals surface area (Å²) in [5.41, 5.74) is 2.15. The van der Waals surface area contributed by atoms with Gasteiger partial charge in [0.1, 0.15) is 5.75 Å². The topological polar surface area (TPSA) is 95.8 Å². The number of ether oxygens (including phenoxy) is 1. The average Bonchev–Trinajstić information content (AvgIpc) is 2.64. The van der Waals surface area contributed by atoms with Crippen molar-refractivity contribution in [1.82, 2.24) is 15.2 Å². The van der Waals surface area contributed by atoms with E-state index in [9.17, 15) is 0 Å². The van der Waals surface area contributed by atoms with Crippen LogP contribution >= 0.6 is 0 Å². The minimum absolute atomic E-state index is 0.366. The highest BCUT2D eigenvalue weighted by Crippen LogP contribution is 2.20. The lowest BCUT2D eigenvalue weighted by atomic mass is 10.2. The zero-order valence-corrected chi connectivity index (χ0v) is 13.6. The monoisotopic (exact) mass is 332 g/mol. The molecule has 2 aromatic carbocycles. The highest BCUT2D eigenvalue weighted by molar-refractivity contribution is 5.60. The van der Waals surface area contributed by atoms with Gasteiger partial charge in [-0.25, -0.2) is 0 Å². The summed E-state index contributed by atoms with van der Waals surface area (Å²) in [5.74, 6) is 1.70. The first kappa shape index (κ1) is 16.2. The molecule has 1 heterocycles. The molecule has 0 radical (unpaired) electrons. The van der Waals surface area contributed by atoms with Crippen molar-refractivity contribution in [2.45, 2.75) is 6.92 Å². The SMILES string of the molecule is CCOc1ccc(Nc2nncc(Nc3cccc(C#N)c3)n2)cc1. The molecule has 2 N–H and O–H groups in total. The van der Waals surface area contributed by atoms with Crippen LogP contribution in [0.25, 0.3) is 0 Å². The molecule has 0 bridgehead atoms. The Kier molecular flexibility index (Phi) is 5.02. The summed E-state index contributed by atoms with van der Waals surface area (Å²) in [6.07, 6.45) is 1.52. The summed E-state index contributed by atoms with van der Waals surface area (Å²) in [6.45, 7) is 2.57. The molecule has 7 nitrogen and oxygen atoms in total. The molecule has 124 valence electrons. The van der Waals surface area contributed by atoms with E-state index in [0.29, 0.717) is 23.9 Å². The minimum atomic E-state index is 0.366. The van der Waals surface area contributed by atoms with E-state index in [1.165, 1.54) is 6.20 Å². The number of hydrogen-bond donors (Lipinski definition) is 2. The van der Waals surface area contributed by atoms with Crippen LogP contribution in [0.15, 0.2) is 54.7 Å². The van der Waals surface area contributed by atoms with Gasteiger partial charge >= 0.3 is 0 Å². The fraction of sp³-hybridized carbons (Fsp3) is 0.111. The van der Waals surface area contributed by atoms with Crippen LogP contribution in [0.3, 0.4) is 0 Å². The van der Waals surface area contributed by atoms with Gasteiger partial charge in [-0.05, 0) is 49.4 Å². The number of aromatic nitrogens is 3. The number of nitriles is 1. The third-order valence-corrected chi connectivity index (χ3v) is 3.24. The van der Waals surface area contributed by atoms with Gasteiger partial charge in [-0.3, -0.25) is 0 Å². The number of rotatable bonds is 6. The molecular weight excluding hydrogens is 316 g/mol. The van der Waals surface area contributed by atoms with Gasteiger partial charge in [0, 0.05) is 11.4 Å². The van der Waals surface area contributed by atoms with Crippen LogP contribution in [0.1, 0.15) is 12.5 Å². The number of hydrogen-bond acceptors (Lipinski definition) is 7. The predicted octanol–water partition coefficient (Wildman–Crippen LogP) is 3.63. The summed E-state index contributed by atoms with van der Waals surface area (Å²) < 4.78 is 5.41. The van der Waals surface area contributed by atoms with Crippen molar-refractivity contribution in [3.63, 3.8) is 0 Å². The molecule has 0 aliphatic carbocycles. The van der Waals surface area contributed by atoms with Crippen LogP contribution in [0, 0.1) is 11.3 Å². The molecule has 0 saturated heterocycles. The summed E-state index contributed by atoms with van der Waals surface area (Å²) in [7, 11) is 0. The highest BCUT2D eigenvalue weighted by atomic mass is 16.5. The molecule has 3 aromatic rings. The van der Waals surface area contributed by atoms with Crippen molar-refractivity contribution in [2.75, 3.05) is 17.2 Å². The molecule has 25 heavy (non-hydrogen) atoms. The average molecular weight is 332 g/mol. The standard InChI is InChI=1S/C18H16N6O/c1-2-25-16-8-6-14(7-9-16)22-18-23-17(12-20-24-18)21-15-5-3-4-13(10-15)11-19/h3-10,12H,2H2,1H3,(H2,21,22,23,24). The van der Waals surface area contributed by atoms with E-state index in [-0.39, 0.29) is 0 Å². The summed E-state index contributed by atoms with van der Waals surface area (Å²) >= 11 is 0. The Morgan fingerprint density at radius 3 is 2.68 bits per heavy atom. The number of anilines is 4. The second-order valence-electron chi connectivity index (χ2n) is 5.07. The molecular formula is C18H16N6O. The van der Waals surface area contributed by atoms with E-state index in [2.05, 4.69) is 31.9 Å². The van der Waals surface area contributed by atoms with Crippen LogP contribution in [0.5, 0.6) is 5.75 Å². The second kappa shape index (κ2) is 7.75. The van der Waals surface area contributed by atoms with E-state index in [4.69, 9.17) is 10.00 Å². The highest BCUT2D eigenvalue weighted by Gasteiger charge is 2.03. The van der Waals surface area contributed by atoms with Crippen LogP contribution in [-0.4, -0.2) is 21.8 Å². The molecule has 0 aliphatic heterocycles. The maximum Gasteiger partial charge on any atom is 0.249 e. The first-order chi connectivity index (χ1) is 12.3. The summed E-state index contributed by atoms with van der Waals surface area (Å²) in [5, 5.41) is 23.1. The van der Waals surface area contributed by atoms with Gasteiger partial charge in [0.25, 0.3) is 0 Å². The van der Waals surface area contributed by atoms with Gasteiger partial charge in [0.2, 0.25) is 5.95 Å². The van der Waals surface area contributed by atoms with Crippen molar-refractivity contribution in [3.8, 4) is 11.8 Å². The lowest BCUT2D eigenvalue weighted by molar-refractivity contribution is 0.340. The van der Waals surface area contributed by atoms with E-state index in [0.717, 1.165) is 17.1 Å². The Hall–Kier alpha value is -3.66. The van der Waals surface area contributed by atoms with Crippen molar-refractivity contribution >= 4 is 23.1 Å². The van der Waals surface area contributed by atoms with Gasteiger partial charge in [0.05, 0.1) is 24.4 Å². The predicted molar refractivity (Wildman–Crippen MR) is 95.2 cm³/mol. The van der Waals surface area contributed by atoms with Crippen molar-refractivity contribution in [3.05, 3.63) is 60.3 Å². The third kappa shape index (κ3) is 4.42. The van der Waals surface area contributed by atoms with E-state index < -0.39 is 0 Å². The van der Waals surface area contributed by atoms with Crippen LogP contribution in [-0.2, 0) is 0 Å². The summed E-state index contributed by atoms with van der Waals surface area (Å²) in [6, 6.07) is 16.7. The van der Waals surface area contributed by atoms with Crippen LogP contribution < -0.4 is 15.4 Å². The van der Waals surface area contributed by atoms with E-state index >= 15 is 0 Å². The van der Waals surface area contributed by atoms with Gasteiger partial charge in [-0.1, -0.05) is 6.07 Å². The third-order valence-electron chi connectivity index (χ3n) is 3.24. The first-order valence-electron chi connectivity index (χ1n) is 7.73. The quantitative estimate of drug-likeness (QED) is 0.711. The van der Waals surface area contributed by atoms with Gasteiger partial charge < -0.3 is 15.4 Å². The summed E-state index contributed by atoms with van der Waals surface area (Å²) in [4.78, 5) is 4.37. The Morgan fingerprint density at radius 2 is 1.92 bits per heavy atom. The second-order valence-corrected chi connectivity index (χ2v) is 5.07. The Bertz CT molecular complexity index is 889. The van der Waals surface area contributed by atoms with Crippen molar-refractivity contribution < 1.29 is 4.74 Å². The lowest BCUT2D eigenvalue weighted by Gasteiger charge is -2.08. The van der Waals surface area contributed by atoms with Crippen LogP contribution in [0.4, 0.5) is 23.1 Å². The lowest BCUT2D eigenvalue weighted by Crippen LogP contribution is -2.02. The molecule has 0 atom stereocenters. The zero-order valence-electron chi connectivity index (χ0n) is 13.6. The fourth-order valence-electron chi connectivity index (χ4n) is 2.16. The molecule has 0 spiro atoms. The molecule has 7 heteroatoms. The molecule has 1 aromatic heterocycles. The van der Waals surface area contributed by atoms with Crippen molar-refractivity contribution in [2.24, 2.45) is 0 Å². The normalized spacial score (nSPS) is 9.92. The number of nitrogens with one attached hydrogen (secondary N) is 2. The Balaban J connectivity index is 1.71. The van der Waals surface area contributed by atoms with Gasteiger partial charge in [0.15, 0.2) is 5.82 Å². The number of nitrogens with zero attached hydrogens (tertiary/aromatic N) is 4. The van der Waals surface area contributed by atoms with Gasteiger partial charge in [-0.2, -0.15) is 15.3 Å². The first-order valence-corrected chi connectivity index (χ1v) is 7.73. The molecule has 0 aliphatic rings. The molecule has 0 fully saturated rings. The molecule has 0 amide bonds. The van der Waals surface area contributed by atoms with E-state index in [1.54, 1.807) is 18.2 Å². The fourth-order valence-corrected chi connectivity index (χ4v) is 2.16. The minimum Gasteiger partial charge on any atom is -0.494 e. The number of benzene rings is 2. The molecule has 3 rings (SSSR count). The van der Waals surface area contributed by atoms with Crippen molar-refractivity contribution in [1.29, 1.82) is 5.26 Å². The maximum atomic E-state index is 8.95. The molecule has 0 unspecified atom stereocenters. The van der Waals surface area contributed by atoms with Gasteiger partial charge in [-0.15, -0.1) is 5.10 Å². The van der Waals surface area contributed by atoms with E-state index in [1.807, 2.05) is 37.3 Å². The zero-order chi connectivity index (χ0) is 17.5. The smallest absolute Gasteiger partial charge is 0.249 e. The largest absolute Gasteiger partial charge is 0.494 e.